The van der Waals surface area contributed by atoms with Gasteiger partial charge in [-0.25, -0.2) is 4.98 Å². The summed E-state index contributed by atoms with van der Waals surface area (Å²) in [4.78, 5) is 18.1. The molecule has 1 saturated carbocycles. The Kier molecular flexibility index (Phi) is 5.60. The summed E-state index contributed by atoms with van der Waals surface area (Å²) in [6.45, 7) is 3.47. The van der Waals surface area contributed by atoms with Crippen molar-refractivity contribution < 1.29 is 4.79 Å². The van der Waals surface area contributed by atoms with Crippen LogP contribution < -0.4 is 5.32 Å². The Labute approximate surface area is 161 Å². The Balaban J connectivity index is 1.42. The van der Waals surface area contributed by atoms with Crippen molar-refractivity contribution in [1.82, 2.24) is 20.1 Å². The minimum atomic E-state index is 0.205. The van der Waals surface area contributed by atoms with Gasteiger partial charge in [-0.2, -0.15) is 5.10 Å². The van der Waals surface area contributed by atoms with Crippen molar-refractivity contribution in [2.24, 2.45) is 5.92 Å². The molecule has 0 aromatic carbocycles. The third kappa shape index (κ3) is 4.25. The molecule has 27 heavy (non-hydrogen) atoms. The van der Waals surface area contributed by atoms with E-state index in [2.05, 4.69) is 20.5 Å². The minimum absolute atomic E-state index is 0.205. The first-order chi connectivity index (χ1) is 13.2. The largest absolute Gasteiger partial charge is 0.367 e. The van der Waals surface area contributed by atoms with E-state index >= 15 is 0 Å². The van der Waals surface area contributed by atoms with Crippen LogP contribution in [0.3, 0.4) is 0 Å². The number of aromatic nitrogens is 3. The van der Waals surface area contributed by atoms with E-state index in [1.165, 1.54) is 37.5 Å². The van der Waals surface area contributed by atoms with E-state index in [1.54, 1.807) is 6.92 Å². The monoisotopic (exact) mass is 369 g/mol. The number of anilines is 1. The lowest BCUT2D eigenvalue weighted by atomic mass is 9.91. The first-order valence-electron chi connectivity index (χ1n) is 10.5. The lowest BCUT2D eigenvalue weighted by Crippen LogP contribution is -2.37. The molecule has 2 aliphatic rings. The number of nitrogens with zero attached hydrogens (tertiary/aromatic N) is 3. The van der Waals surface area contributed by atoms with E-state index < -0.39 is 0 Å². The van der Waals surface area contributed by atoms with Crippen LogP contribution in [0.5, 0.6) is 0 Å². The van der Waals surface area contributed by atoms with E-state index in [-0.39, 0.29) is 5.91 Å². The smallest absolute Gasteiger partial charge is 0.219 e. The fourth-order valence-electron chi connectivity index (χ4n) is 4.64. The SMILES string of the molecule is CC(=O)N1CCC(CCc2n[nH]c3ccnc(NC4CCCCC4)c23)CC1. The summed E-state index contributed by atoms with van der Waals surface area (Å²) < 4.78 is 0. The van der Waals surface area contributed by atoms with Crippen molar-refractivity contribution in [1.29, 1.82) is 0 Å². The molecule has 2 N–H and O–H groups in total. The normalized spacial score (nSPS) is 19.5. The summed E-state index contributed by atoms with van der Waals surface area (Å²) in [7, 11) is 0. The Morgan fingerprint density at radius 1 is 1.22 bits per heavy atom. The number of aromatic amines is 1. The molecule has 1 aliphatic carbocycles. The van der Waals surface area contributed by atoms with Gasteiger partial charge in [0.1, 0.15) is 5.82 Å². The number of hydrogen-bond donors (Lipinski definition) is 2. The fraction of sp³-hybridized carbons (Fsp3) is 0.667. The van der Waals surface area contributed by atoms with Crippen molar-refractivity contribution in [3.8, 4) is 0 Å². The van der Waals surface area contributed by atoms with Gasteiger partial charge in [0.25, 0.3) is 0 Å². The predicted octanol–water partition coefficient (Wildman–Crippen LogP) is 3.89. The average Bonchev–Trinajstić information content (AvgIpc) is 3.12. The summed E-state index contributed by atoms with van der Waals surface area (Å²) in [5, 5.41) is 12.7. The molecule has 2 fully saturated rings. The van der Waals surface area contributed by atoms with Gasteiger partial charge in [-0.1, -0.05) is 19.3 Å². The standard InChI is InChI=1S/C21H31N5O/c1-15(27)26-13-10-16(11-14-26)7-8-18-20-19(25-24-18)9-12-22-21(20)23-17-5-3-2-4-6-17/h9,12,16-17H,2-8,10-11,13-14H2,1H3,(H,22,23)(H,24,25). The van der Waals surface area contributed by atoms with E-state index in [4.69, 9.17) is 0 Å². The molecule has 3 heterocycles. The van der Waals surface area contributed by atoms with Gasteiger partial charge in [-0.05, 0) is 50.5 Å². The molecular weight excluding hydrogens is 338 g/mol. The Morgan fingerprint density at radius 2 is 2.00 bits per heavy atom. The van der Waals surface area contributed by atoms with E-state index in [0.717, 1.165) is 55.8 Å². The second-order valence-electron chi connectivity index (χ2n) is 8.22. The summed E-state index contributed by atoms with van der Waals surface area (Å²) in [5.74, 6) is 1.88. The number of rotatable bonds is 5. The first-order valence-corrected chi connectivity index (χ1v) is 10.5. The number of amides is 1. The van der Waals surface area contributed by atoms with Crippen molar-refractivity contribution in [2.45, 2.75) is 70.8 Å². The van der Waals surface area contributed by atoms with Crippen LogP contribution in [0.15, 0.2) is 12.3 Å². The number of H-pyrrole nitrogens is 1. The zero-order chi connectivity index (χ0) is 18.6. The van der Waals surface area contributed by atoms with Gasteiger partial charge in [-0.15, -0.1) is 0 Å². The number of nitrogens with one attached hydrogen (secondary N) is 2. The fourth-order valence-corrected chi connectivity index (χ4v) is 4.64. The molecule has 6 nitrogen and oxygen atoms in total. The lowest BCUT2D eigenvalue weighted by molar-refractivity contribution is -0.130. The number of carbonyl (C=O) groups excluding carboxylic acids is 1. The van der Waals surface area contributed by atoms with Gasteiger partial charge >= 0.3 is 0 Å². The number of likely N-dealkylation sites (tertiary alicyclic amines) is 1. The van der Waals surface area contributed by atoms with Gasteiger partial charge in [0.15, 0.2) is 0 Å². The molecule has 2 aromatic heterocycles. The van der Waals surface area contributed by atoms with Crippen LogP contribution in [0.2, 0.25) is 0 Å². The Morgan fingerprint density at radius 3 is 2.74 bits per heavy atom. The summed E-state index contributed by atoms with van der Waals surface area (Å²) >= 11 is 0. The quantitative estimate of drug-likeness (QED) is 0.838. The third-order valence-electron chi connectivity index (χ3n) is 6.35. The average molecular weight is 370 g/mol. The van der Waals surface area contributed by atoms with Crippen LogP contribution in [0, 0.1) is 5.92 Å². The maximum atomic E-state index is 11.5. The van der Waals surface area contributed by atoms with Crippen LogP contribution in [-0.2, 0) is 11.2 Å². The van der Waals surface area contributed by atoms with Crippen molar-refractivity contribution in [3.05, 3.63) is 18.0 Å². The van der Waals surface area contributed by atoms with Crippen LogP contribution in [0.25, 0.3) is 10.9 Å². The molecule has 1 aliphatic heterocycles. The maximum Gasteiger partial charge on any atom is 0.219 e. The molecule has 146 valence electrons. The summed E-state index contributed by atoms with van der Waals surface area (Å²) in [6.07, 6.45) is 12.6. The number of piperidine rings is 1. The number of hydrogen-bond acceptors (Lipinski definition) is 4. The molecular formula is C21H31N5O. The highest BCUT2D eigenvalue weighted by atomic mass is 16.2. The molecule has 1 saturated heterocycles. The van der Waals surface area contributed by atoms with Gasteiger partial charge < -0.3 is 10.2 Å². The summed E-state index contributed by atoms with van der Waals surface area (Å²) in [6, 6.07) is 2.55. The van der Waals surface area contributed by atoms with E-state index in [9.17, 15) is 4.79 Å². The van der Waals surface area contributed by atoms with Gasteiger partial charge in [-0.3, -0.25) is 9.89 Å². The molecule has 6 heteroatoms. The Bertz CT molecular complexity index is 772. The van der Waals surface area contributed by atoms with Crippen LogP contribution in [0.1, 0.15) is 64.0 Å². The maximum absolute atomic E-state index is 11.5. The van der Waals surface area contributed by atoms with Crippen LogP contribution in [0.4, 0.5) is 5.82 Å². The van der Waals surface area contributed by atoms with Crippen LogP contribution in [-0.4, -0.2) is 45.1 Å². The predicted molar refractivity (Wildman–Crippen MR) is 108 cm³/mol. The second kappa shape index (κ2) is 8.28. The molecule has 0 radical (unpaired) electrons. The van der Waals surface area contributed by atoms with Crippen molar-refractivity contribution in [3.63, 3.8) is 0 Å². The van der Waals surface area contributed by atoms with E-state index in [1.807, 2.05) is 17.2 Å². The highest BCUT2D eigenvalue weighted by Gasteiger charge is 2.22. The highest BCUT2D eigenvalue weighted by Crippen LogP contribution is 2.29. The van der Waals surface area contributed by atoms with Crippen molar-refractivity contribution in [2.75, 3.05) is 18.4 Å². The number of carbonyl (C=O) groups is 1. The molecule has 0 bridgehead atoms. The number of aryl methyl sites for hydroxylation is 1. The molecule has 0 spiro atoms. The molecule has 2 aromatic rings. The molecule has 4 rings (SSSR count). The highest BCUT2D eigenvalue weighted by molar-refractivity contribution is 5.91. The summed E-state index contributed by atoms with van der Waals surface area (Å²) in [5.41, 5.74) is 2.20. The number of pyridine rings is 1. The molecule has 1 amide bonds. The zero-order valence-corrected chi connectivity index (χ0v) is 16.3. The topological polar surface area (TPSA) is 73.9 Å². The van der Waals surface area contributed by atoms with Gasteiger partial charge in [0.2, 0.25) is 5.91 Å². The molecule has 0 atom stereocenters. The van der Waals surface area contributed by atoms with Crippen LogP contribution >= 0.6 is 0 Å². The Hall–Kier alpha value is -2.11. The lowest BCUT2D eigenvalue weighted by Gasteiger charge is -2.31. The van der Waals surface area contributed by atoms with Crippen molar-refractivity contribution >= 4 is 22.6 Å². The number of fused-ring (bicyclic) bond motifs is 1. The second-order valence-corrected chi connectivity index (χ2v) is 8.22. The van der Waals surface area contributed by atoms with E-state index in [0.29, 0.717) is 12.0 Å². The van der Waals surface area contributed by atoms with Gasteiger partial charge in [0, 0.05) is 32.3 Å². The minimum Gasteiger partial charge on any atom is -0.367 e. The third-order valence-corrected chi connectivity index (χ3v) is 6.35. The van der Waals surface area contributed by atoms with Gasteiger partial charge in [0.05, 0.1) is 16.6 Å². The first kappa shape index (κ1) is 18.3. The zero-order valence-electron chi connectivity index (χ0n) is 16.3. The molecule has 0 unspecified atom stereocenters.